The summed E-state index contributed by atoms with van der Waals surface area (Å²) in [6, 6.07) is 0. The highest BCUT2D eigenvalue weighted by atomic mass is 32.2. The Morgan fingerprint density at radius 1 is 1.28 bits per heavy atom. The minimum atomic E-state index is 0.369. The zero-order chi connectivity index (χ0) is 13.2. The molecule has 0 amide bonds. The zero-order valence-electron chi connectivity index (χ0n) is 12.4. The number of nitrogens with one attached hydrogen (secondary N) is 1. The average Bonchev–Trinajstić information content (AvgIpc) is 2.32. The molecule has 0 aromatic rings. The molecule has 0 aliphatic heterocycles. The highest BCUT2D eigenvalue weighted by Crippen LogP contribution is 2.31. The van der Waals surface area contributed by atoms with Crippen LogP contribution < -0.4 is 5.32 Å². The van der Waals surface area contributed by atoms with Gasteiger partial charge in [0.15, 0.2) is 0 Å². The molecule has 3 heteroatoms. The first kappa shape index (κ1) is 16.3. The van der Waals surface area contributed by atoms with Crippen LogP contribution in [0.2, 0.25) is 0 Å². The van der Waals surface area contributed by atoms with E-state index in [0.717, 1.165) is 37.3 Å². The third kappa shape index (κ3) is 8.39. The smallest absolute Gasteiger partial charge is 0.0518 e. The Morgan fingerprint density at radius 3 is 2.83 bits per heavy atom. The van der Waals surface area contributed by atoms with Gasteiger partial charge in [0, 0.05) is 24.2 Å². The third-order valence-electron chi connectivity index (χ3n) is 3.47. The molecule has 0 spiro atoms. The van der Waals surface area contributed by atoms with Gasteiger partial charge in [0.25, 0.3) is 0 Å². The lowest BCUT2D eigenvalue weighted by molar-refractivity contribution is 0.0772. The van der Waals surface area contributed by atoms with Crippen molar-refractivity contribution in [2.24, 2.45) is 5.92 Å². The molecule has 2 nitrogen and oxygen atoms in total. The Morgan fingerprint density at radius 2 is 2.11 bits per heavy atom. The number of hydrogen-bond acceptors (Lipinski definition) is 3. The second-order valence-electron chi connectivity index (χ2n) is 5.79. The van der Waals surface area contributed by atoms with Crippen molar-refractivity contribution in [3.63, 3.8) is 0 Å². The van der Waals surface area contributed by atoms with E-state index in [1.165, 1.54) is 31.4 Å². The molecule has 1 N–H and O–H groups in total. The van der Waals surface area contributed by atoms with Crippen LogP contribution >= 0.6 is 11.8 Å². The summed E-state index contributed by atoms with van der Waals surface area (Å²) in [6.45, 7) is 9.72. The summed E-state index contributed by atoms with van der Waals surface area (Å²) in [7, 11) is 0. The number of rotatable bonds is 9. The molecule has 18 heavy (non-hydrogen) atoms. The highest BCUT2D eigenvalue weighted by molar-refractivity contribution is 7.99. The largest absolute Gasteiger partial charge is 0.379 e. The lowest BCUT2D eigenvalue weighted by Gasteiger charge is -2.26. The fourth-order valence-electron chi connectivity index (χ4n) is 2.47. The predicted octanol–water partition coefficient (Wildman–Crippen LogP) is 3.70. The zero-order valence-corrected chi connectivity index (χ0v) is 13.2. The van der Waals surface area contributed by atoms with Crippen LogP contribution in [-0.4, -0.2) is 36.8 Å². The maximum Gasteiger partial charge on any atom is 0.0518 e. The average molecular weight is 273 g/mol. The predicted molar refractivity (Wildman–Crippen MR) is 82.5 cm³/mol. The number of thioether (sulfide) groups is 1. The molecule has 108 valence electrons. The van der Waals surface area contributed by atoms with Gasteiger partial charge in [-0.2, -0.15) is 11.8 Å². The Hall–Kier alpha value is 0.270. The first-order valence-corrected chi connectivity index (χ1v) is 8.67. The normalized spacial score (nSPS) is 24.7. The van der Waals surface area contributed by atoms with E-state index in [2.05, 4.69) is 37.8 Å². The van der Waals surface area contributed by atoms with Gasteiger partial charge in [0.05, 0.1) is 6.10 Å². The molecule has 1 aliphatic rings. The van der Waals surface area contributed by atoms with E-state index in [-0.39, 0.29) is 0 Å². The lowest BCUT2D eigenvalue weighted by atomic mass is 9.91. The number of ether oxygens (including phenoxy) is 1. The van der Waals surface area contributed by atoms with E-state index in [4.69, 9.17) is 4.74 Å². The van der Waals surface area contributed by atoms with Crippen LogP contribution in [0.4, 0.5) is 0 Å². The maximum absolute atomic E-state index is 5.51. The molecule has 0 saturated heterocycles. The molecule has 0 aromatic carbocycles. The molecule has 2 atom stereocenters. The summed E-state index contributed by atoms with van der Waals surface area (Å²) in [5, 5.41) is 4.44. The quantitative estimate of drug-likeness (QED) is 0.647. The first-order valence-electron chi connectivity index (χ1n) is 7.62. The second-order valence-corrected chi connectivity index (χ2v) is 7.20. The fourth-order valence-corrected chi connectivity index (χ4v) is 3.86. The fraction of sp³-hybridized carbons (Fsp3) is 1.00. The molecular formula is C15H31NOS. The minimum Gasteiger partial charge on any atom is -0.379 e. The molecule has 0 radical (unpaired) electrons. The van der Waals surface area contributed by atoms with Crippen molar-refractivity contribution in [2.75, 3.05) is 25.4 Å². The molecular weight excluding hydrogens is 242 g/mol. The topological polar surface area (TPSA) is 21.3 Å². The summed E-state index contributed by atoms with van der Waals surface area (Å²) in [6.07, 6.45) is 7.27. The van der Waals surface area contributed by atoms with Gasteiger partial charge in [0.2, 0.25) is 0 Å². The second kappa shape index (κ2) is 10.1. The van der Waals surface area contributed by atoms with Crippen molar-refractivity contribution in [1.82, 2.24) is 5.32 Å². The van der Waals surface area contributed by atoms with E-state index < -0.39 is 0 Å². The molecule has 0 bridgehead atoms. The van der Waals surface area contributed by atoms with Crippen molar-refractivity contribution in [2.45, 2.75) is 64.2 Å². The van der Waals surface area contributed by atoms with Gasteiger partial charge < -0.3 is 10.1 Å². The summed E-state index contributed by atoms with van der Waals surface area (Å²) in [4.78, 5) is 0. The van der Waals surface area contributed by atoms with Crippen LogP contribution in [0.1, 0.15) is 52.9 Å². The molecule has 0 aromatic heterocycles. The SMILES string of the molecule is CC1CCCC(SCCNCCCOC(C)C)C1. The van der Waals surface area contributed by atoms with E-state index in [1.54, 1.807) is 0 Å². The van der Waals surface area contributed by atoms with Gasteiger partial charge in [0.1, 0.15) is 0 Å². The Kier molecular flexibility index (Phi) is 9.16. The third-order valence-corrected chi connectivity index (χ3v) is 4.81. The van der Waals surface area contributed by atoms with Gasteiger partial charge in [-0.1, -0.05) is 19.8 Å². The van der Waals surface area contributed by atoms with Crippen molar-refractivity contribution in [3.05, 3.63) is 0 Å². The van der Waals surface area contributed by atoms with E-state index >= 15 is 0 Å². The standard InChI is InChI=1S/C15H31NOS/c1-13(2)17-10-5-8-16-9-11-18-15-7-4-6-14(3)12-15/h13-16H,4-12H2,1-3H3. The van der Waals surface area contributed by atoms with Crippen LogP contribution in [-0.2, 0) is 4.74 Å². The van der Waals surface area contributed by atoms with E-state index in [1.807, 2.05) is 0 Å². The summed E-state index contributed by atoms with van der Waals surface area (Å²) in [5.74, 6) is 2.22. The number of hydrogen-bond donors (Lipinski definition) is 1. The lowest BCUT2D eigenvalue weighted by Crippen LogP contribution is -2.22. The Balaban J connectivity index is 1.83. The van der Waals surface area contributed by atoms with Gasteiger partial charge in [-0.05, 0) is 45.6 Å². The van der Waals surface area contributed by atoms with Crippen LogP contribution in [0.25, 0.3) is 0 Å². The van der Waals surface area contributed by atoms with Crippen molar-refractivity contribution < 1.29 is 4.74 Å². The molecule has 1 saturated carbocycles. The molecule has 0 heterocycles. The molecule has 2 unspecified atom stereocenters. The summed E-state index contributed by atoms with van der Waals surface area (Å²) < 4.78 is 5.51. The van der Waals surface area contributed by atoms with Crippen LogP contribution in [0.15, 0.2) is 0 Å². The first-order chi connectivity index (χ1) is 8.68. The molecule has 1 fully saturated rings. The Labute approximate surface area is 118 Å². The van der Waals surface area contributed by atoms with Gasteiger partial charge in [-0.25, -0.2) is 0 Å². The van der Waals surface area contributed by atoms with Gasteiger partial charge in [-0.15, -0.1) is 0 Å². The highest BCUT2D eigenvalue weighted by Gasteiger charge is 2.18. The van der Waals surface area contributed by atoms with E-state index in [0.29, 0.717) is 6.10 Å². The van der Waals surface area contributed by atoms with Crippen LogP contribution in [0.5, 0.6) is 0 Å². The van der Waals surface area contributed by atoms with Gasteiger partial charge >= 0.3 is 0 Å². The van der Waals surface area contributed by atoms with Crippen LogP contribution in [0.3, 0.4) is 0 Å². The van der Waals surface area contributed by atoms with E-state index in [9.17, 15) is 0 Å². The summed E-state index contributed by atoms with van der Waals surface area (Å²) >= 11 is 2.18. The van der Waals surface area contributed by atoms with Crippen molar-refractivity contribution in [1.29, 1.82) is 0 Å². The Bertz CT molecular complexity index is 199. The summed E-state index contributed by atoms with van der Waals surface area (Å²) in [5.41, 5.74) is 0. The van der Waals surface area contributed by atoms with Gasteiger partial charge in [-0.3, -0.25) is 0 Å². The maximum atomic E-state index is 5.51. The van der Waals surface area contributed by atoms with Crippen molar-refractivity contribution >= 4 is 11.8 Å². The van der Waals surface area contributed by atoms with Crippen LogP contribution in [0, 0.1) is 5.92 Å². The minimum absolute atomic E-state index is 0.369. The molecule has 1 rings (SSSR count). The van der Waals surface area contributed by atoms with Crippen molar-refractivity contribution in [3.8, 4) is 0 Å². The molecule has 1 aliphatic carbocycles. The monoisotopic (exact) mass is 273 g/mol.